The van der Waals surface area contributed by atoms with Crippen LogP contribution in [-0.2, 0) is 4.79 Å². The Morgan fingerprint density at radius 2 is 1.82 bits per heavy atom. The standard InChI is InChI=1S/C24H26N8O/c1-16(23(33)32-8-6-31(3)7-9-32)10-18(12-26-2)22-20-11-17(4-5-21(20)29-15-30-22)19-13-27-24(25)28-14-19/h4-5,10-15H,1,6-9H2,2-3H3,(H2,25,27,28). The average Bonchev–Trinajstić information content (AvgIpc) is 2.83. The van der Waals surface area contributed by atoms with Crippen molar-refractivity contribution < 1.29 is 4.79 Å². The number of rotatable bonds is 5. The van der Waals surface area contributed by atoms with Crippen molar-refractivity contribution in [2.75, 3.05) is 46.0 Å². The number of carbonyl (C=O) groups excluding carboxylic acids is 1. The highest BCUT2D eigenvalue weighted by atomic mass is 16.2. The maximum Gasteiger partial charge on any atom is 0.253 e. The molecule has 1 fully saturated rings. The summed E-state index contributed by atoms with van der Waals surface area (Å²) in [5, 5.41) is 0.817. The normalized spacial score (nSPS) is 15.3. The number of aromatic nitrogens is 4. The number of aliphatic imine (C=N–C) groups is 1. The van der Waals surface area contributed by atoms with Crippen molar-refractivity contribution in [2.24, 2.45) is 4.99 Å². The topological polar surface area (TPSA) is 113 Å². The first-order valence-electron chi connectivity index (χ1n) is 10.6. The summed E-state index contributed by atoms with van der Waals surface area (Å²) in [5.41, 5.74) is 9.85. The molecule has 1 amide bonds. The highest BCUT2D eigenvalue weighted by molar-refractivity contribution is 6.16. The van der Waals surface area contributed by atoms with Gasteiger partial charge in [-0.1, -0.05) is 12.6 Å². The zero-order chi connectivity index (χ0) is 23.4. The number of likely N-dealkylation sites (N-methyl/N-ethyl adjacent to an activating group) is 1. The molecule has 0 aliphatic carbocycles. The highest BCUT2D eigenvalue weighted by Gasteiger charge is 2.21. The van der Waals surface area contributed by atoms with Crippen molar-refractivity contribution in [3.63, 3.8) is 0 Å². The number of piperazine rings is 1. The van der Waals surface area contributed by atoms with Crippen LogP contribution < -0.4 is 5.73 Å². The van der Waals surface area contributed by atoms with Gasteiger partial charge in [0.1, 0.15) is 6.33 Å². The van der Waals surface area contributed by atoms with E-state index in [1.807, 2.05) is 23.1 Å². The van der Waals surface area contributed by atoms with Gasteiger partial charge in [0, 0.05) is 73.9 Å². The molecule has 0 radical (unpaired) electrons. The highest BCUT2D eigenvalue weighted by Crippen LogP contribution is 2.27. The Balaban J connectivity index is 1.72. The van der Waals surface area contributed by atoms with E-state index in [1.165, 1.54) is 6.33 Å². The van der Waals surface area contributed by atoms with Gasteiger partial charge in [-0.25, -0.2) is 19.9 Å². The van der Waals surface area contributed by atoms with Gasteiger partial charge in [0.15, 0.2) is 0 Å². The maximum absolute atomic E-state index is 13.0. The summed E-state index contributed by atoms with van der Waals surface area (Å²) < 4.78 is 0. The molecule has 1 aromatic carbocycles. The number of allylic oxidation sites excluding steroid dienone is 1. The number of nitrogens with two attached hydrogens (primary N) is 1. The van der Waals surface area contributed by atoms with Crippen molar-refractivity contribution in [3.8, 4) is 11.1 Å². The summed E-state index contributed by atoms with van der Waals surface area (Å²) in [6, 6.07) is 5.83. The van der Waals surface area contributed by atoms with E-state index in [9.17, 15) is 4.79 Å². The van der Waals surface area contributed by atoms with Crippen molar-refractivity contribution in [1.29, 1.82) is 0 Å². The van der Waals surface area contributed by atoms with Crippen molar-refractivity contribution in [1.82, 2.24) is 29.7 Å². The van der Waals surface area contributed by atoms with Crippen molar-refractivity contribution in [2.45, 2.75) is 0 Å². The number of nitrogen functional groups attached to an aromatic ring is 1. The molecule has 2 N–H and O–H groups in total. The minimum atomic E-state index is -0.0804. The Morgan fingerprint density at radius 3 is 2.52 bits per heavy atom. The lowest BCUT2D eigenvalue weighted by Crippen LogP contribution is -2.47. The van der Waals surface area contributed by atoms with Crippen LogP contribution in [0, 0.1) is 0 Å². The van der Waals surface area contributed by atoms with E-state index >= 15 is 0 Å². The summed E-state index contributed by atoms with van der Waals surface area (Å²) >= 11 is 0. The summed E-state index contributed by atoms with van der Waals surface area (Å²) in [7, 11) is 3.73. The number of anilines is 1. The van der Waals surface area contributed by atoms with Gasteiger partial charge in [-0.15, -0.1) is 0 Å². The van der Waals surface area contributed by atoms with Gasteiger partial charge in [-0.3, -0.25) is 9.79 Å². The van der Waals surface area contributed by atoms with Crippen LogP contribution in [0.15, 0.2) is 60.1 Å². The third-order valence-electron chi connectivity index (χ3n) is 5.58. The number of hydrogen-bond donors (Lipinski definition) is 1. The summed E-state index contributed by atoms with van der Waals surface area (Å²) in [4.78, 5) is 38.2. The number of carbonyl (C=O) groups is 1. The molecular formula is C24H26N8O. The Kier molecular flexibility index (Phi) is 6.50. The molecule has 9 heteroatoms. The SMILES string of the molecule is C=C(C=C(C=NC)c1ncnc2ccc(-c3cnc(N)nc3)cc12)C(=O)N1CCN(C)CC1. The molecule has 3 aromatic rings. The first kappa shape index (κ1) is 22.2. The monoisotopic (exact) mass is 442 g/mol. The molecule has 9 nitrogen and oxygen atoms in total. The van der Waals surface area contributed by atoms with Gasteiger partial charge >= 0.3 is 0 Å². The molecule has 168 valence electrons. The molecule has 0 atom stereocenters. The van der Waals surface area contributed by atoms with Gasteiger partial charge in [0.25, 0.3) is 5.91 Å². The van der Waals surface area contributed by atoms with Gasteiger partial charge in [0.05, 0.1) is 11.2 Å². The lowest BCUT2D eigenvalue weighted by Gasteiger charge is -2.32. The number of benzene rings is 1. The fraction of sp³-hybridized carbons (Fsp3) is 0.250. The van der Waals surface area contributed by atoms with Crippen LogP contribution in [0.25, 0.3) is 27.6 Å². The molecule has 0 spiro atoms. The second-order valence-corrected chi connectivity index (χ2v) is 7.89. The molecule has 2 aromatic heterocycles. The zero-order valence-corrected chi connectivity index (χ0v) is 18.8. The largest absolute Gasteiger partial charge is 0.368 e. The molecular weight excluding hydrogens is 416 g/mol. The molecule has 1 aliphatic rings. The van der Waals surface area contributed by atoms with Crippen molar-refractivity contribution in [3.05, 3.63) is 60.8 Å². The second-order valence-electron chi connectivity index (χ2n) is 7.89. The predicted octanol–water partition coefficient (Wildman–Crippen LogP) is 2.08. The van der Waals surface area contributed by atoms with Gasteiger partial charge in [-0.2, -0.15) is 0 Å². The summed E-state index contributed by atoms with van der Waals surface area (Å²) in [6.45, 7) is 7.10. The van der Waals surface area contributed by atoms with Crippen LogP contribution in [0.3, 0.4) is 0 Å². The van der Waals surface area contributed by atoms with Crippen LogP contribution in [0.4, 0.5) is 5.95 Å². The fourth-order valence-electron chi connectivity index (χ4n) is 3.72. The fourth-order valence-corrected chi connectivity index (χ4v) is 3.72. The van der Waals surface area contributed by atoms with Crippen LogP contribution in [-0.4, -0.2) is 82.1 Å². The Bertz CT molecular complexity index is 1240. The van der Waals surface area contributed by atoms with Crippen LogP contribution in [0.1, 0.15) is 5.69 Å². The first-order valence-corrected chi connectivity index (χ1v) is 10.6. The van der Waals surface area contributed by atoms with Gasteiger partial charge in [0.2, 0.25) is 5.95 Å². The van der Waals surface area contributed by atoms with E-state index in [2.05, 4.69) is 43.5 Å². The van der Waals surface area contributed by atoms with E-state index in [-0.39, 0.29) is 11.9 Å². The Labute approximate surface area is 192 Å². The third kappa shape index (κ3) is 4.93. The molecule has 0 bridgehead atoms. The lowest BCUT2D eigenvalue weighted by atomic mass is 10.0. The molecule has 1 aliphatic heterocycles. The minimum Gasteiger partial charge on any atom is -0.368 e. The van der Waals surface area contributed by atoms with E-state index < -0.39 is 0 Å². The second kappa shape index (κ2) is 9.66. The van der Waals surface area contributed by atoms with E-state index in [4.69, 9.17) is 5.73 Å². The number of amides is 1. The number of fused-ring (bicyclic) bond motifs is 1. The molecule has 1 saturated heterocycles. The van der Waals surface area contributed by atoms with E-state index in [0.717, 1.165) is 35.1 Å². The molecule has 3 heterocycles. The Hall–Kier alpha value is -3.98. The van der Waals surface area contributed by atoms with Crippen LogP contribution >= 0.6 is 0 Å². The molecule has 33 heavy (non-hydrogen) atoms. The average molecular weight is 443 g/mol. The minimum absolute atomic E-state index is 0.0804. The molecule has 4 rings (SSSR count). The Morgan fingerprint density at radius 1 is 1.09 bits per heavy atom. The van der Waals surface area contributed by atoms with Gasteiger partial charge in [-0.05, 0) is 30.8 Å². The maximum atomic E-state index is 13.0. The van der Waals surface area contributed by atoms with E-state index in [1.54, 1.807) is 31.7 Å². The predicted molar refractivity (Wildman–Crippen MR) is 131 cm³/mol. The van der Waals surface area contributed by atoms with Crippen LogP contribution in [0.2, 0.25) is 0 Å². The van der Waals surface area contributed by atoms with Crippen LogP contribution in [0.5, 0.6) is 0 Å². The van der Waals surface area contributed by atoms with Crippen molar-refractivity contribution >= 4 is 34.5 Å². The lowest BCUT2D eigenvalue weighted by molar-refractivity contribution is -0.128. The smallest absolute Gasteiger partial charge is 0.253 e. The third-order valence-corrected chi connectivity index (χ3v) is 5.58. The molecule has 0 unspecified atom stereocenters. The summed E-state index contributed by atoms with van der Waals surface area (Å²) in [5.74, 6) is 0.139. The zero-order valence-electron chi connectivity index (χ0n) is 18.8. The van der Waals surface area contributed by atoms with Gasteiger partial charge < -0.3 is 15.5 Å². The summed E-state index contributed by atoms with van der Waals surface area (Å²) in [6.07, 6.45) is 8.28. The molecule has 0 saturated carbocycles. The van der Waals surface area contributed by atoms with E-state index in [0.29, 0.717) is 29.9 Å². The number of hydrogen-bond acceptors (Lipinski definition) is 8. The quantitative estimate of drug-likeness (QED) is 0.366. The number of nitrogens with zero attached hydrogens (tertiary/aromatic N) is 7. The first-order chi connectivity index (χ1) is 16.0.